The van der Waals surface area contributed by atoms with E-state index in [1.54, 1.807) is 6.07 Å². The number of benzene rings is 1. The monoisotopic (exact) mass is 298 g/mol. The van der Waals surface area contributed by atoms with Crippen LogP contribution in [0.2, 0.25) is 0 Å². The molecule has 0 bridgehead atoms. The molecule has 5 nitrogen and oxygen atoms in total. The Hall–Kier alpha value is -2.43. The molecule has 1 heterocycles. The van der Waals surface area contributed by atoms with Gasteiger partial charge in [-0.1, -0.05) is 13.0 Å². The Labute approximate surface area is 131 Å². The van der Waals surface area contributed by atoms with E-state index < -0.39 is 0 Å². The maximum absolute atomic E-state index is 12.0. The maximum Gasteiger partial charge on any atom is 0.270 e. The Morgan fingerprint density at radius 1 is 1.05 bits per heavy atom. The lowest BCUT2D eigenvalue weighted by molar-refractivity contribution is 0.0948. The Kier molecular flexibility index (Phi) is 5.09. The fourth-order valence-electron chi connectivity index (χ4n) is 2.25. The average molecular weight is 298 g/mol. The number of aromatic nitrogens is 2. The van der Waals surface area contributed by atoms with Gasteiger partial charge in [-0.15, -0.1) is 0 Å². The maximum atomic E-state index is 12.0. The first-order chi connectivity index (χ1) is 10.5. The molecule has 0 fully saturated rings. The van der Waals surface area contributed by atoms with Crippen molar-refractivity contribution in [3.8, 4) is 0 Å². The first kappa shape index (κ1) is 15.9. The molecule has 22 heavy (non-hydrogen) atoms. The third kappa shape index (κ3) is 4.28. The van der Waals surface area contributed by atoms with Crippen LogP contribution >= 0.6 is 0 Å². The zero-order chi connectivity index (χ0) is 16.1. The molecule has 116 valence electrons. The minimum absolute atomic E-state index is 0.171. The first-order valence-electron chi connectivity index (χ1n) is 7.47. The molecule has 0 saturated carbocycles. The second-order valence-corrected chi connectivity index (χ2v) is 5.48. The van der Waals surface area contributed by atoms with Gasteiger partial charge < -0.3 is 10.6 Å². The molecule has 0 unspecified atom stereocenters. The zero-order valence-electron chi connectivity index (χ0n) is 13.5. The number of nitrogens with one attached hydrogen (secondary N) is 2. The van der Waals surface area contributed by atoms with Crippen LogP contribution in [0.5, 0.6) is 0 Å². The van der Waals surface area contributed by atoms with Gasteiger partial charge in [0.15, 0.2) is 0 Å². The zero-order valence-corrected chi connectivity index (χ0v) is 13.5. The topological polar surface area (TPSA) is 66.9 Å². The normalized spacial score (nSPS) is 10.4. The van der Waals surface area contributed by atoms with Crippen molar-refractivity contribution in [1.29, 1.82) is 0 Å². The van der Waals surface area contributed by atoms with Crippen molar-refractivity contribution in [3.63, 3.8) is 0 Å². The summed E-state index contributed by atoms with van der Waals surface area (Å²) in [7, 11) is 0. The summed E-state index contributed by atoms with van der Waals surface area (Å²) in [6.45, 7) is 8.59. The molecule has 0 aliphatic heterocycles. The number of rotatable bonds is 5. The van der Waals surface area contributed by atoms with Crippen LogP contribution in [-0.4, -0.2) is 22.4 Å². The van der Waals surface area contributed by atoms with Crippen LogP contribution in [-0.2, 0) is 0 Å². The molecule has 2 rings (SSSR count). The fourth-order valence-corrected chi connectivity index (χ4v) is 2.25. The Morgan fingerprint density at radius 3 is 2.36 bits per heavy atom. The van der Waals surface area contributed by atoms with Gasteiger partial charge in [-0.05, 0) is 56.5 Å². The van der Waals surface area contributed by atoms with E-state index in [4.69, 9.17) is 0 Å². The fraction of sp³-hybridized carbons (Fsp3) is 0.353. The average Bonchev–Trinajstić information content (AvgIpc) is 2.42. The number of aryl methyl sites for hydroxylation is 3. The summed E-state index contributed by atoms with van der Waals surface area (Å²) in [5.41, 5.74) is 4.38. The first-order valence-corrected chi connectivity index (χ1v) is 7.47. The molecule has 5 heteroatoms. The van der Waals surface area contributed by atoms with Crippen molar-refractivity contribution < 1.29 is 4.79 Å². The number of nitrogens with zero attached hydrogens (tertiary/aromatic N) is 2. The number of carbonyl (C=O) groups excluding carboxylic acids is 1. The smallest absolute Gasteiger partial charge is 0.270 e. The van der Waals surface area contributed by atoms with Crippen LogP contribution in [0.25, 0.3) is 0 Å². The standard InChI is InChI=1S/C17H22N4O/c1-5-6-18-16(22)15-10-13(4)19-17(21-15)20-14-8-11(2)7-12(3)9-14/h7-10H,5-6H2,1-4H3,(H,18,22)(H,19,20,21). The van der Waals surface area contributed by atoms with Gasteiger partial charge in [0.1, 0.15) is 5.69 Å². The van der Waals surface area contributed by atoms with Gasteiger partial charge in [-0.2, -0.15) is 0 Å². The molecular formula is C17H22N4O. The molecule has 1 amide bonds. The van der Waals surface area contributed by atoms with Gasteiger partial charge in [0.05, 0.1) is 0 Å². The summed E-state index contributed by atoms with van der Waals surface area (Å²) >= 11 is 0. The Morgan fingerprint density at radius 2 is 1.73 bits per heavy atom. The van der Waals surface area contributed by atoms with E-state index in [2.05, 4.69) is 26.7 Å². The summed E-state index contributed by atoms with van der Waals surface area (Å²) in [5.74, 6) is 0.266. The van der Waals surface area contributed by atoms with E-state index in [1.807, 2.05) is 39.8 Å². The Balaban J connectivity index is 2.24. The lowest BCUT2D eigenvalue weighted by atomic mass is 10.1. The van der Waals surface area contributed by atoms with Gasteiger partial charge in [0, 0.05) is 17.9 Å². The minimum atomic E-state index is -0.171. The lowest BCUT2D eigenvalue weighted by Gasteiger charge is -2.10. The molecule has 0 saturated heterocycles. The molecule has 0 radical (unpaired) electrons. The van der Waals surface area contributed by atoms with Crippen molar-refractivity contribution in [2.24, 2.45) is 0 Å². The van der Waals surface area contributed by atoms with Gasteiger partial charge >= 0.3 is 0 Å². The largest absolute Gasteiger partial charge is 0.351 e. The third-order valence-electron chi connectivity index (χ3n) is 3.10. The molecule has 0 spiro atoms. The van der Waals surface area contributed by atoms with Crippen molar-refractivity contribution in [1.82, 2.24) is 15.3 Å². The number of anilines is 2. The second-order valence-electron chi connectivity index (χ2n) is 5.48. The quantitative estimate of drug-likeness (QED) is 0.889. The van der Waals surface area contributed by atoms with Gasteiger partial charge in [0.25, 0.3) is 5.91 Å². The molecule has 0 atom stereocenters. The molecule has 0 aliphatic rings. The van der Waals surface area contributed by atoms with E-state index in [9.17, 15) is 4.79 Å². The highest BCUT2D eigenvalue weighted by atomic mass is 16.1. The summed E-state index contributed by atoms with van der Waals surface area (Å²) in [6, 6.07) is 7.84. The van der Waals surface area contributed by atoms with Gasteiger partial charge in [-0.3, -0.25) is 4.79 Å². The number of amides is 1. The van der Waals surface area contributed by atoms with E-state index >= 15 is 0 Å². The van der Waals surface area contributed by atoms with Crippen molar-refractivity contribution in [2.75, 3.05) is 11.9 Å². The van der Waals surface area contributed by atoms with E-state index in [0.29, 0.717) is 18.2 Å². The number of hydrogen-bond acceptors (Lipinski definition) is 4. The lowest BCUT2D eigenvalue weighted by Crippen LogP contribution is -2.25. The van der Waals surface area contributed by atoms with Crippen molar-refractivity contribution >= 4 is 17.5 Å². The van der Waals surface area contributed by atoms with Crippen LogP contribution in [0.4, 0.5) is 11.6 Å². The minimum Gasteiger partial charge on any atom is -0.351 e. The highest BCUT2D eigenvalue weighted by Crippen LogP contribution is 2.17. The summed E-state index contributed by atoms with van der Waals surface area (Å²) in [6.07, 6.45) is 0.892. The number of carbonyl (C=O) groups is 1. The molecule has 2 N–H and O–H groups in total. The molecule has 1 aromatic heterocycles. The second kappa shape index (κ2) is 7.02. The number of hydrogen-bond donors (Lipinski definition) is 2. The van der Waals surface area contributed by atoms with Crippen molar-refractivity contribution in [2.45, 2.75) is 34.1 Å². The highest BCUT2D eigenvalue weighted by Gasteiger charge is 2.10. The van der Waals surface area contributed by atoms with Crippen LogP contribution in [0.3, 0.4) is 0 Å². The van der Waals surface area contributed by atoms with Gasteiger partial charge in [0.2, 0.25) is 5.95 Å². The van der Waals surface area contributed by atoms with Crippen LogP contribution in [0.15, 0.2) is 24.3 Å². The predicted octanol–water partition coefficient (Wildman–Crippen LogP) is 3.29. The Bertz CT molecular complexity index is 662. The molecule has 1 aromatic carbocycles. The van der Waals surface area contributed by atoms with E-state index in [1.165, 1.54) is 0 Å². The highest BCUT2D eigenvalue weighted by molar-refractivity contribution is 5.92. The summed E-state index contributed by atoms with van der Waals surface area (Å²) in [5, 5.41) is 6.00. The van der Waals surface area contributed by atoms with E-state index in [0.717, 1.165) is 28.9 Å². The SMILES string of the molecule is CCCNC(=O)c1cc(C)nc(Nc2cc(C)cc(C)c2)n1. The predicted molar refractivity (Wildman–Crippen MR) is 88.6 cm³/mol. The van der Waals surface area contributed by atoms with Crippen LogP contribution < -0.4 is 10.6 Å². The molecular weight excluding hydrogens is 276 g/mol. The van der Waals surface area contributed by atoms with Crippen LogP contribution in [0.1, 0.15) is 40.7 Å². The molecule has 0 aliphatic carbocycles. The van der Waals surface area contributed by atoms with Crippen LogP contribution in [0, 0.1) is 20.8 Å². The van der Waals surface area contributed by atoms with Gasteiger partial charge in [-0.25, -0.2) is 9.97 Å². The van der Waals surface area contributed by atoms with Crippen molar-refractivity contribution in [3.05, 3.63) is 46.8 Å². The third-order valence-corrected chi connectivity index (χ3v) is 3.10. The molecule has 2 aromatic rings. The summed E-state index contributed by atoms with van der Waals surface area (Å²) < 4.78 is 0. The summed E-state index contributed by atoms with van der Waals surface area (Å²) in [4.78, 5) is 20.7. The van der Waals surface area contributed by atoms with E-state index in [-0.39, 0.29) is 5.91 Å².